The number of carbonyl (C=O) groups is 1. The first-order valence-electron chi connectivity index (χ1n) is 11.8. The monoisotopic (exact) mass is 596 g/mol. The quantitative estimate of drug-likeness (QED) is 0.276. The average Bonchev–Trinajstić information content (AvgIpc) is 3.43. The molecule has 2 atom stereocenters. The lowest BCUT2D eigenvalue weighted by molar-refractivity contribution is -0.143. The molecule has 1 fully saturated rings. The fourth-order valence-corrected chi connectivity index (χ4v) is 5.15. The Bertz CT molecular complexity index is 1380. The van der Waals surface area contributed by atoms with E-state index in [1.54, 1.807) is 5.38 Å². The van der Waals surface area contributed by atoms with Crippen LogP contribution in [0.2, 0.25) is 0 Å². The average molecular weight is 597 g/mol. The summed E-state index contributed by atoms with van der Waals surface area (Å²) in [6.45, 7) is 4.64. The van der Waals surface area contributed by atoms with Gasteiger partial charge in [-0.3, -0.25) is 4.90 Å². The van der Waals surface area contributed by atoms with Gasteiger partial charge < -0.3 is 4.74 Å². The Labute approximate surface area is 226 Å². The maximum Gasteiger partial charge on any atom is 0.416 e. The second kappa shape index (κ2) is 10.3. The van der Waals surface area contributed by atoms with Crippen LogP contribution in [0, 0.1) is 0 Å². The summed E-state index contributed by atoms with van der Waals surface area (Å²) in [4.78, 5) is 18.2. The number of hydrogen-bond acceptors (Lipinski definition) is 4. The van der Waals surface area contributed by atoms with E-state index in [1.807, 2.05) is 13.8 Å². The summed E-state index contributed by atoms with van der Waals surface area (Å²) < 4.78 is 126. The van der Waals surface area contributed by atoms with Crippen molar-refractivity contribution in [3.05, 3.63) is 74.6 Å². The molecule has 0 unspecified atom stereocenters. The normalized spacial score (nSPS) is 18.5. The molecule has 1 saturated heterocycles. The zero-order chi connectivity index (χ0) is 29.8. The molecule has 1 aliphatic heterocycles. The molecule has 0 aliphatic carbocycles. The van der Waals surface area contributed by atoms with E-state index in [-0.39, 0.29) is 23.1 Å². The summed E-state index contributed by atoms with van der Waals surface area (Å²) in [5.74, 6) is 0.0417. The molecule has 1 amide bonds. The summed E-state index contributed by atoms with van der Waals surface area (Å²) >= 11 is 1.30. The van der Waals surface area contributed by atoms with Crippen LogP contribution >= 0.6 is 11.3 Å². The zero-order valence-electron chi connectivity index (χ0n) is 21.0. The van der Waals surface area contributed by atoms with Gasteiger partial charge in [-0.25, -0.2) is 9.78 Å². The first-order chi connectivity index (χ1) is 18.4. The van der Waals surface area contributed by atoms with Crippen LogP contribution in [-0.4, -0.2) is 22.0 Å². The summed E-state index contributed by atoms with van der Waals surface area (Å²) in [6.07, 6.45) is -17.6. The number of benzene rings is 2. The maximum absolute atomic E-state index is 13.5. The molecule has 3 aromatic rings. The van der Waals surface area contributed by atoms with Crippen LogP contribution in [0.4, 0.5) is 44.3 Å². The molecule has 2 aromatic carbocycles. The van der Waals surface area contributed by atoms with Crippen molar-refractivity contribution in [2.45, 2.75) is 63.9 Å². The van der Waals surface area contributed by atoms with Gasteiger partial charge >= 0.3 is 24.6 Å². The molecular formula is C26H21F9N2O2S. The highest BCUT2D eigenvalue weighted by Gasteiger charge is 2.43. The molecule has 4 rings (SSSR count). The molecule has 2 heterocycles. The standard InChI is InChI=1S/C26H21F9N2O2S/c1-12(2)22-36-20(11-40-22)19-5-4-16(24(27,28)29)8-15(19)10-37-13(3)21(39-23(37)38)14-6-17(25(30,31)32)9-18(7-14)26(33,34)35/h4-9,11-13,21H,10H2,1-3H3/t13-,21-/m0/s1. The maximum atomic E-state index is 13.5. The fraction of sp³-hybridized carbons (Fsp3) is 0.385. The molecule has 0 spiro atoms. The molecule has 1 aromatic heterocycles. The van der Waals surface area contributed by atoms with Gasteiger partial charge in [0.15, 0.2) is 0 Å². The highest BCUT2D eigenvalue weighted by atomic mass is 32.1. The van der Waals surface area contributed by atoms with Gasteiger partial charge in [-0.05, 0) is 48.4 Å². The van der Waals surface area contributed by atoms with Gasteiger partial charge in [0.2, 0.25) is 0 Å². The van der Waals surface area contributed by atoms with Gasteiger partial charge in [0.05, 0.1) is 40.0 Å². The molecule has 40 heavy (non-hydrogen) atoms. The van der Waals surface area contributed by atoms with Crippen LogP contribution in [0.5, 0.6) is 0 Å². The SMILES string of the molecule is CC(C)c1nc(-c2ccc(C(F)(F)F)cc2CN2C(=O)O[C@H](c3cc(C(F)(F)F)cc(C(F)(F)F)c3)[C@@H]2C)cs1. The van der Waals surface area contributed by atoms with Crippen LogP contribution in [0.25, 0.3) is 11.3 Å². The van der Waals surface area contributed by atoms with E-state index in [1.165, 1.54) is 24.3 Å². The fourth-order valence-electron chi connectivity index (χ4n) is 4.31. The molecule has 4 nitrogen and oxygen atoms in total. The number of ether oxygens (including phenoxy) is 1. The van der Waals surface area contributed by atoms with Crippen molar-refractivity contribution in [1.82, 2.24) is 9.88 Å². The number of alkyl halides is 9. The Morgan fingerprint density at radius 3 is 1.98 bits per heavy atom. The van der Waals surface area contributed by atoms with Crippen LogP contribution in [0.1, 0.15) is 65.6 Å². The van der Waals surface area contributed by atoms with E-state index in [0.29, 0.717) is 17.8 Å². The number of thiazole rings is 1. The zero-order valence-corrected chi connectivity index (χ0v) is 21.8. The smallest absolute Gasteiger partial charge is 0.416 e. The van der Waals surface area contributed by atoms with Gasteiger partial charge in [0.1, 0.15) is 6.10 Å². The number of aromatic nitrogens is 1. The number of halogens is 9. The Kier molecular flexibility index (Phi) is 7.63. The Balaban J connectivity index is 1.73. The molecular weight excluding hydrogens is 575 g/mol. The molecule has 0 N–H and O–H groups in total. The largest absolute Gasteiger partial charge is 0.439 e. The lowest BCUT2D eigenvalue weighted by Crippen LogP contribution is -2.32. The van der Waals surface area contributed by atoms with Crippen molar-refractivity contribution in [3.63, 3.8) is 0 Å². The molecule has 0 saturated carbocycles. The van der Waals surface area contributed by atoms with Crippen LogP contribution < -0.4 is 0 Å². The van der Waals surface area contributed by atoms with E-state index in [9.17, 15) is 44.3 Å². The number of rotatable bonds is 5. The van der Waals surface area contributed by atoms with Crippen molar-refractivity contribution >= 4 is 17.4 Å². The first-order valence-corrected chi connectivity index (χ1v) is 12.7. The lowest BCUT2D eigenvalue weighted by atomic mass is 9.96. The number of nitrogens with zero attached hydrogens (tertiary/aromatic N) is 2. The molecule has 14 heteroatoms. The minimum absolute atomic E-state index is 0.0277. The molecule has 0 bridgehead atoms. The number of cyclic esters (lactones) is 1. The van der Waals surface area contributed by atoms with Crippen molar-refractivity contribution in [3.8, 4) is 11.3 Å². The number of hydrogen-bond donors (Lipinski definition) is 0. The Morgan fingerprint density at radius 1 is 0.900 bits per heavy atom. The van der Waals surface area contributed by atoms with E-state index in [0.717, 1.165) is 22.0 Å². The van der Waals surface area contributed by atoms with Crippen molar-refractivity contribution < 1.29 is 49.0 Å². The molecule has 1 aliphatic rings. The summed E-state index contributed by atoms with van der Waals surface area (Å²) in [6, 6.07) is 2.67. The van der Waals surface area contributed by atoms with Crippen LogP contribution in [0.3, 0.4) is 0 Å². The second-order valence-corrected chi connectivity index (χ2v) is 10.5. The van der Waals surface area contributed by atoms with Crippen LogP contribution in [0.15, 0.2) is 41.8 Å². The van der Waals surface area contributed by atoms with E-state index in [4.69, 9.17) is 4.74 Å². The minimum Gasteiger partial charge on any atom is -0.439 e. The Hall–Kier alpha value is -3.29. The van der Waals surface area contributed by atoms with E-state index < -0.39 is 65.6 Å². The second-order valence-electron chi connectivity index (χ2n) is 9.61. The van der Waals surface area contributed by atoms with Gasteiger partial charge in [-0.1, -0.05) is 19.9 Å². The third kappa shape index (κ3) is 6.06. The van der Waals surface area contributed by atoms with E-state index >= 15 is 0 Å². The topological polar surface area (TPSA) is 42.4 Å². The van der Waals surface area contributed by atoms with E-state index in [2.05, 4.69) is 4.98 Å². The third-order valence-electron chi connectivity index (χ3n) is 6.40. The molecule has 0 radical (unpaired) electrons. The highest BCUT2D eigenvalue weighted by Crippen LogP contribution is 2.42. The minimum atomic E-state index is -5.11. The summed E-state index contributed by atoms with van der Waals surface area (Å²) in [5.41, 5.74) is -4.03. The highest BCUT2D eigenvalue weighted by molar-refractivity contribution is 7.10. The van der Waals surface area contributed by atoms with Gasteiger partial charge in [0.25, 0.3) is 0 Å². The lowest BCUT2D eigenvalue weighted by Gasteiger charge is -2.23. The first kappa shape index (κ1) is 29.7. The van der Waals surface area contributed by atoms with Crippen molar-refractivity contribution in [1.29, 1.82) is 0 Å². The van der Waals surface area contributed by atoms with Gasteiger partial charge in [-0.15, -0.1) is 11.3 Å². The Morgan fingerprint density at radius 2 is 1.48 bits per heavy atom. The number of carbonyl (C=O) groups excluding carboxylic acids is 1. The summed E-state index contributed by atoms with van der Waals surface area (Å²) in [5, 5.41) is 2.37. The predicted molar refractivity (Wildman–Crippen MR) is 127 cm³/mol. The third-order valence-corrected chi connectivity index (χ3v) is 7.54. The number of amides is 1. The van der Waals surface area contributed by atoms with Crippen LogP contribution in [-0.2, 0) is 29.8 Å². The summed E-state index contributed by atoms with van der Waals surface area (Å²) in [7, 11) is 0. The van der Waals surface area contributed by atoms with Gasteiger partial charge in [-0.2, -0.15) is 39.5 Å². The molecule has 216 valence electrons. The van der Waals surface area contributed by atoms with Crippen molar-refractivity contribution in [2.75, 3.05) is 0 Å². The van der Waals surface area contributed by atoms with Gasteiger partial charge in [0, 0.05) is 16.9 Å². The predicted octanol–water partition coefficient (Wildman–Crippen LogP) is 9.07. The van der Waals surface area contributed by atoms with Crippen molar-refractivity contribution in [2.24, 2.45) is 0 Å².